The van der Waals surface area contributed by atoms with E-state index in [4.69, 9.17) is 0 Å². The molecule has 0 atom stereocenters. The van der Waals surface area contributed by atoms with Crippen molar-refractivity contribution in [3.8, 4) is 5.75 Å². The molecule has 94 valence electrons. The molecule has 17 heavy (non-hydrogen) atoms. The van der Waals surface area contributed by atoms with Gasteiger partial charge in [-0.2, -0.15) is 0 Å². The lowest BCUT2D eigenvalue weighted by molar-refractivity contribution is 0.474. The van der Waals surface area contributed by atoms with Gasteiger partial charge < -0.3 is 15.7 Å². The molecular formula is C13H21N3O. The van der Waals surface area contributed by atoms with Gasteiger partial charge in [-0.05, 0) is 38.5 Å². The van der Waals surface area contributed by atoms with E-state index < -0.39 is 0 Å². The van der Waals surface area contributed by atoms with Crippen molar-refractivity contribution in [2.24, 2.45) is 4.99 Å². The van der Waals surface area contributed by atoms with Crippen LogP contribution < -0.4 is 10.6 Å². The molecule has 0 saturated carbocycles. The lowest BCUT2D eigenvalue weighted by atomic mass is 10.2. The Balaban J connectivity index is 2.64. The second-order valence-electron chi connectivity index (χ2n) is 4.16. The summed E-state index contributed by atoms with van der Waals surface area (Å²) in [7, 11) is 0. The van der Waals surface area contributed by atoms with Gasteiger partial charge >= 0.3 is 0 Å². The summed E-state index contributed by atoms with van der Waals surface area (Å²) in [6, 6.07) is 7.50. The van der Waals surface area contributed by atoms with E-state index in [0.717, 1.165) is 18.1 Å². The molecule has 0 aliphatic heterocycles. The molecule has 0 aliphatic rings. The molecule has 0 fully saturated rings. The molecule has 0 aromatic heterocycles. The molecule has 0 unspecified atom stereocenters. The second kappa shape index (κ2) is 6.78. The second-order valence-corrected chi connectivity index (χ2v) is 4.16. The fourth-order valence-corrected chi connectivity index (χ4v) is 1.42. The smallest absolute Gasteiger partial charge is 0.191 e. The molecule has 1 rings (SSSR count). The van der Waals surface area contributed by atoms with Crippen molar-refractivity contribution in [1.82, 2.24) is 10.6 Å². The van der Waals surface area contributed by atoms with Crippen LogP contribution in [-0.4, -0.2) is 23.7 Å². The minimum absolute atomic E-state index is 0.277. The van der Waals surface area contributed by atoms with Crippen LogP contribution in [-0.2, 0) is 6.54 Å². The third kappa shape index (κ3) is 5.24. The predicted molar refractivity (Wildman–Crippen MR) is 71.2 cm³/mol. The summed E-state index contributed by atoms with van der Waals surface area (Å²) in [5.41, 5.74) is 0.992. The van der Waals surface area contributed by atoms with Crippen LogP contribution in [0.4, 0.5) is 0 Å². The van der Waals surface area contributed by atoms with Crippen LogP contribution in [0, 0.1) is 0 Å². The number of guanidine groups is 1. The van der Waals surface area contributed by atoms with Gasteiger partial charge in [0.2, 0.25) is 0 Å². The molecule has 0 amide bonds. The number of nitrogens with zero attached hydrogens (tertiary/aromatic N) is 1. The van der Waals surface area contributed by atoms with Gasteiger partial charge in [0.15, 0.2) is 5.96 Å². The van der Waals surface area contributed by atoms with Gasteiger partial charge in [-0.1, -0.05) is 12.1 Å². The van der Waals surface area contributed by atoms with E-state index in [1.807, 2.05) is 19.1 Å². The van der Waals surface area contributed by atoms with E-state index in [1.54, 1.807) is 12.1 Å². The zero-order valence-electron chi connectivity index (χ0n) is 10.7. The highest BCUT2D eigenvalue weighted by Gasteiger charge is 1.99. The third-order valence-electron chi connectivity index (χ3n) is 2.10. The highest BCUT2D eigenvalue weighted by atomic mass is 16.3. The summed E-state index contributed by atoms with van der Waals surface area (Å²) in [5, 5.41) is 15.8. The first kappa shape index (κ1) is 13.4. The van der Waals surface area contributed by atoms with Gasteiger partial charge in [0, 0.05) is 12.6 Å². The number of nitrogens with one attached hydrogen (secondary N) is 2. The highest BCUT2D eigenvalue weighted by Crippen LogP contribution is 2.11. The molecule has 0 spiro atoms. The Kier molecular flexibility index (Phi) is 5.33. The molecule has 0 saturated heterocycles. The minimum Gasteiger partial charge on any atom is -0.508 e. The highest BCUT2D eigenvalue weighted by molar-refractivity contribution is 5.79. The SMILES string of the molecule is CCNC(=NCc1cccc(O)c1)NC(C)C. The number of benzene rings is 1. The molecule has 3 N–H and O–H groups in total. The summed E-state index contributed by atoms with van der Waals surface area (Å²) in [6.45, 7) is 7.56. The van der Waals surface area contributed by atoms with Crippen molar-refractivity contribution in [1.29, 1.82) is 0 Å². The van der Waals surface area contributed by atoms with Crippen LogP contribution in [0.2, 0.25) is 0 Å². The van der Waals surface area contributed by atoms with Crippen LogP contribution in [0.1, 0.15) is 26.3 Å². The summed E-state index contributed by atoms with van der Waals surface area (Å²) < 4.78 is 0. The summed E-state index contributed by atoms with van der Waals surface area (Å²) in [5.74, 6) is 1.07. The fraction of sp³-hybridized carbons (Fsp3) is 0.462. The maximum atomic E-state index is 9.35. The zero-order chi connectivity index (χ0) is 12.7. The minimum atomic E-state index is 0.277. The van der Waals surface area contributed by atoms with E-state index in [0.29, 0.717) is 12.6 Å². The molecule has 0 bridgehead atoms. The average Bonchev–Trinajstić information content (AvgIpc) is 2.26. The maximum Gasteiger partial charge on any atom is 0.191 e. The standard InChI is InChI=1S/C13H21N3O/c1-4-14-13(16-10(2)3)15-9-11-6-5-7-12(17)8-11/h5-8,10,17H,4,9H2,1-3H3,(H2,14,15,16). The van der Waals surface area contributed by atoms with Crippen LogP contribution in [0.25, 0.3) is 0 Å². The van der Waals surface area contributed by atoms with Crippen molar-refractivity contribution < 1.29 is 5.11 Å². The van der Waals surface area contributed by atoms with Gasteiger partial charge in [0.1, 0.15) is 5.75 Å². The number of rotatable bonds is 4. The van der Waals surface area contributed by atoms with Crippen molar-refractivity contribution in [3.63, 3.8) is 0 Å². The van der Waals surface area contributed by atoms with E-state index >= 15 is 0 Å². The first-order valence-corrected chi connectivity index (χ1v) is 5.94. The molecule has 0 heterocycles. The summed E-state index contributed by atoms with van der Waals surface area (Å²) in [4.78, 5) is 4.45. The van der Waals surface area contributed by atoms with Crippen LogP contribution in [0.15, 0.2) is 29.3 Å². The largest absolute Gasteiger partial charge is 0.508 e. The normalized spacial score (nSPS) is 11.6. The Bertz CT molecular complexity index is 375. The van der Waals surface area contributed by atoms with Crippen LogP contribution in [0.3, 0.4) is 0 Å². The Morgan fingerprint density at radius 2 is 2.18 bits per heavy atom. The zero-order valence-corrected chi connectivity index (χ0v) is 10.7. The molecule has 4 nitrogen and oxygen atoms in total. The van der Waals surface area contributed by atoms with E-state index in [9.17, 15) is 5.11 Å². The van der Waals surface area contributed by atoms with Crippen LogP contribution >= 0.6 is 0 Å². The molecular weight excluding hydrogens is 214 g/mol. The molecule has 4 heteroatoms. The number of phenols is 1. The number of hydrogen-bond acceptors (Lipinski definition) is 2. The number of phenolic OH excluding ortho intramolecular Hbond substituents is 1. The predicted octanol–water partition coefficient (Wildman–Crippen LogP) is 1.86. The van der Waals surface area contributed by atoms with Gasteiger partial charge in [-0.3, -0.25) is 0 Å². The number of aromatic hydroxyl groups is 1. The van der Waals surface area contributed by atoms with Crippen molar-refractivity contribution in [2.75, 3.05) is 6.54 Å². The topological polar surface area (TPSA) is 56.7 Å². The summed E-state index contributed by atoms with van der Waals surface area (Å²) >= 11 is 0. The molecule has 1 aromatic rings. The number of aliphatic imine (C=N–C) groups is 1. The third-order valence-corrected chi connectivity index (χ3v) is 2.10. The monoisotopic (exact) mass is 235 g/mol. The Morgan fingerprint density at radius 1 is 1.41 bits per heavy atom. The van der Waals surface area contributed by atoms with Gasteiger partial charge in [-0.15, -0.1) is 0 Å². The Labute approximate surface area is 103 Å². The van der Waals surface area contributed by atoms with E-state index in [2.05, 4.69) is 29.5 Å². The van der Waals surface area contributed by atoms with Crippen LogP contribution in [0.5, 0.6) is 5.75 Å². The number of hydrogen-bond donors (Lipinski definition) is 3. The lowest BCUT2D eigenvalue weighted by Gasteiger charge is -2.13. The van der Waals surface area contributed by atoms with E-state index in [-0.39, 0.29) is 5.75 Å². The Morgan fingerprint density at radius 3 is 2.76 bits per heavy atom. The average molecular weight is 235 g/mol. The van der Waals surface area contributed by atoms with Gasteiger partial charge in [0.25, 0.3) is 0 Å². The van der Waals surface area contributed by atoms with E-state index in [1.165, 1.54) is 0 Å². The lowest BCUT2D eigenvalue weighted by Crippen LogP contribution is -2.40. The molecule has 0 aliphatic carbocycles. The quantitative estimate of drug-likeness (QED) is 0.551. The first-order valence-electron chi connectivity index (χ1n) is 5.94. The van der Waals surface area contributed by atoms with Crippen molar-refractivity contribution in [3.05, 3.63) is 29.8 Å². The molecule has 0 radical (unpaired) electrons. The fourth-order valence-electron chi connectivity index (χ4n) is 1.42. The van der Waals surface area contributed by atoms with Gasteiger partial charge in [0.05, 0.1) is 6.54 Å². The van der Waals surface area contributed by atoms with Gasteiger partial charge in [-0.25, -0.2) is 4.99 Å². The first-order chi connectivity index (χ1) is 8.11. The maximum absolute atomic E-state index is 9.35. The van der Waals surface area contributed by atoms with Crippen molar-refractivity contribution in [2.45, 2.75) is 33.4 Å². The summed E-state index contributed by atoms with van der Waals surface area (Å²) in [6.07, 6.45) is 0. The van der Waals surface area contributed by atoms with Crippen molar-refractivity contribution >= 4 is 5.96 Å². The molecule has 1 aromatic carbocycles. The Hall–Kier alpha value is -1.71.